The molecule has 2 rings (SSSR count). The highest BCUT2D eigenvalue weighted by atomic mass is 35.5. The van der Waals surface area contributed by atoms with Gasteiger partial charge in [0.05, 0.1) is 6.26 Å². The lowest BCUT2D eigenvalue weighted by molar-refractivity contribution is -0.121. The molecule has 0 atom stereocenters. The van der Waals surface area contributed by atoms with E-state index in [0.29, 0.717) is 11.6 Å². The first kappa shape index (κ1) is 20.4. The largest absolute Gasteiger partial charge is 0.352 e. The molecule has 0 fully saturated rings. The summed E-state index contributed by atoms with van der Waals surface area (Å²) in [7, 11) is -3.40. The smallest absolute Gasteiger partial charge is 0.221 e. The lowest BCUT2D eigenvalue weighted by Crippen LogP contribution is -2.34. The summed E-state index contributed by atoms with van der Waals surface area (Å²) in [6.45, 7) is 2.75. The summed E-state index contributed by atoms with van der Waals surface area (Å²) in [5.41, 5.74) is 2.94. The van der Waals surface area contributed by atoms with Gasteiger partial charge in [0, 0.05) is 31.1 Å². The van der Waals surface area contributed by atoms with Crippen LogP contribution in [0.25, 0.3) is 0 Å². The van der Waals surface area contributed by atoms with Gasteiger partial charge in [-0.2, -0.15) is 4.31 Å². The number of benzene rings is 2. The normalized spacial score (nSPS) is 11.5. The molecule has 26 heavy (non-hydrogen) atoms. The molecule has 1 N–H and O–H groups in total. The molecule has 0 aromatic heterocycles. The number of hydrogen-bond donors (Lipinski definition) is 1. The van der Waals surface area contributed by atoms with Gasteiger partial charge < -0.3 is 5.32 Å². The number of nitrogens with one attached hydrogen (secondary N) is 1. The van der Waals surface area contributed by atoms with Gasteiger partial charge in [0.2, 0.25) is 15.9 Å². The minimum absolute atomic E-state index is 0.104. The SMILES string of the molecule is Cc1ccc(CN(CCC(=O)NCc2ccc(Cl)cc2)S(C)(=O)=O)cc1. The molecule has 0 bridgehead atoms. The average Bonchev–Trinajstić information content (AvgIpc) is 2.58. The van der Waals surface area contributed by atoms with E-state index < -0.39 is 10.0 Å². The summed E-state index contributed by atoms with van der Waals surface area (Å²) in [4.78, 5) is 12.1. The number of aryl methyl sites for hydroxylation is 1. The van der Waals surface area contributed by atoms with Crippen LogP contribution in [0.15, 0.2) is 48.5 Å². The van der Waals surface area contributed by atoms with Gasteiger partial charge >= 0.3 is 0 Å². The lowest BCUT2D eigenvalue weighted by Gasteiger charge is -2.20. The maximum Gasteiger partial charge on any atom is 0.221 e. The minimum atomic E-state index is -3.40. The van der Waals surface area contributed by atoms with Gasteiger partial charge in [0.1, 0.15) is 0 Å². The zero-order valence-electron chi connectivity index (χ0n) is 14.9. The Kier molecular flexibility index (Phi) is 7.20. The van der Waals surface area contributed by atoms with Crippen LogP contribution in [-0.2, 0) is 27.9 Å². The van der Waals surface area contributed by atoms with Gasteiger partial charge in [0.25, 0.3) is 0 Å². The van der Waals surface area contributed by atoms with Crippen LogP contribution in [0.5, 0.6) is 0 Å². The molecule has 0 aliphatic heterocycles. The second kappa shape index (κ2) is 9.16. The van der Waals surface area contributed by atoms with Crippen molar-refractivity contribution in [1.29, 1.82) is 0 Å². The van der Waals surface area contributed by atoms with Gasteiger partial charge in [0.15, 0.2) is 0 Å². The third-order valence-corrected chi connectivity index (χ3v) is 5.44. The van der Waals surface area contributed by atoms with E-state index in [1.165, 1.54) is 4.31 Å². The predicted molar refractivity (Wildman–Crippen MR) is 104 cm³/mol. The third kappa shape index (κ3) is 6.78. The third-order valence-electron chi connectivity index (χ3n) is 3.94. The molecule has 0 aliphatic rings. The molecule has 0 radical (unpaired) electrons. The number of sulfonamides is 1. The van der Waals surface area contributed by atoms with Crippen molar-refractivity contribution in [2.24, 2.45) is 0 Å². The molecule has 2 aromatic rings. The van der Waals surface area contributed by atoms with E-state index in [1.54, 1.807) is 12.1 Å². The molecule has 140 valence electrons. The van der Waals surface area contributed by atoms with Crippen molar-refractivity contribution in [1.82, 2.24) is 9.62 Å². The Labute approximate surface area is 160 Å². The van der Waals surface area contributed by atoms with E-state index in [9.17, 15) is 13.2 Å². The highest BCUT2D eigenvalue weighted by Crippen LogP contribution is 2.11. The Morgan fingerprint density at radius 1 is 1.04 bits per heavy atom. The Balaban J connectivity index is 1.88. The van der Waals surface area contributed by atoms with Crippen LogP contribution in [0.3, 0.4) is 0 Å². The fourth-order valence-corrected chi connectivity index (χ4v) is 3.31. The first-order valence-corrected chi connectivity index (χ1v) is 10.5. The van der Waals surface area contributed by atoms with Crippen molar-refractivity contribution < 1.29 is 13.2 Å². The van der Waals surface area contributed by atoms with Gasteiger partial charge in [-0.1, -0.05) is 53.6 Å². The molecule has 0 aliphatic carbocycles. The fraction of sp³-hybridized carbons (Fsp3) is 0.316. The fourth-order valence-electron chi connectivity index (χ4n) is 2.38. The minimum Gasteiger partial charge on any atom is -0.352 e. The second-order valence-electron chi connectivity index (χ2n) is 6.24. The van der Waals surface area contributed by atoms with E-state index in [1.807, 2.05) is 43.3 Å². The van der Waals surface area contributed by atoms with Gasteiger partial charge in [-0.25, -0.2) is 8.42 Å². The summed E-state index contributed by atoms with van der Waals surface area (Å²) >= 11 is 5.83. The van der Waals surface area contributed by atoms with E-state index in [-0.39, 0.29) is 25.4 Å². The molecule has 7 heteroatoms. The monoisotopic (exact) mass is 394 g/mol. The Bertz CT molecular complexity index is 834. The summed E-state index contributed by atoms with van der Waals surface area (Å²) in [5, 5.41) is 3.43. The molecular weight excluding hydrogens is 372 g/mol. The number of carbonyl (C=O) groups excluding carboxylic acids is 1. The van der Waals surface area contributed by atoms with Gasteiger partial charge in [-0.05, 0) is 30.2 Å². The van der Waals surface area contributed by atoms with E-state index in [0.717, 1.165) is 22.9 Å². The van der Waals surface area contributed by atoms with E-state index in [2.05, 4.69) is 5.32 Å². The highest BCUT2D eigenvalue weighted by molar-refractivity contribution is 7.88. The Morgan fingerprint density at radius 3 is 2.19 bits per heavy atom. The molecule has 2 aromatic carbocycles. The Hall–Kier alpha value is -1.89. The standard InChI is InChI=1S/C19H23ClN2O3S/c1-15-3-5-17(6-4-15)14-22(26(2,24)25)12-11-19(23)21-13-16-7-9-18(20)10-8-16/h3-10H,11-14H2,1-2H3,(H,21,23). The first-order valence-electron chi connectivity index (χ1n) is 8.26. The second-order valence-corrected chi connectivity index (χ2v) is 8.65. The van der Waals surface area contributed by atoms with Gasteiger partial charge in [-0.3, -0.25) is 4.79 Å². The summed E-state index contributed by atoms with van der Waals surface area (Å²) in [6.07, 6.45) is 1.26. The van der Waals surface area contributed by atoms with Crippen LogP contribution < -0.4 is 5.32 Å². The predicted octanol–water partition coefficient (Wildman–Crippen LogP) is 3.12. The number of carbonyl (C=O) groups is 1. The molecular formula is C19H23ClN2O3S. The molecule has 5 nitrogen and oxygen atoms in total. The highest BCUT2D eigenvalue weighted by Gasteiger charge is 2.18. The van der Waals surface area contributed by atoms with Crippen LogP contribution in [0.2, 0.25) is 5.02 Å². The van der Waals surface area contributed by atoms with Crippen LogP contribution >= 0.6 is 11.6 Å². The Morgan fingerprint density at radius 2 is 1.62 bits per heavy atom. The van der Waals surface area contributed by atoms with Crippen LogP contribution in [-0.4, -0.2) is 31.4 Å². The maximum atomic E-state index is 12.1. The summed E-state index contributed by atoms with van der Waals surface area (Å²) < 4.78 is 25.3. The molecule has 0 heterocycles. The van der Waals surface area contributed by atoms with Crippen molar-refractivity contribution in [3.05, 3.63) is 70.2 Å². The number of halogens is 1. The molecule has 0 saturated carbocycles. The van der Waals surface area contributed by atoms with E-state index in [4.69, 9.17) is 11.6 Å². The van der Waals surface area contributed by atoms with Gasteiger partial charge in [-0.15, -0.1) is 0 Å². The van der Waals surface area contributed by atoms with Crippen molar-refractivity contribution in [3.63, 3.8) is 0 Å². The number of hydrogen-bond acceptors (Lipinski definition) is 3. The molecule has 0 saturated heterocycles. The number of nitrogens with zero attached hydrogens (tertiary/aromatic N) is 1. The van der Waals surface area contributed by atoms with Crippen LogP contribution in [0.1, 0.15) is 23.1 Å². The molecule has 1 amide bonds. The van der Waals surface area contributed by atoms with Crippen molar-refractivity contribution in [2.75, 3.05) is 12.8 Å². The number of amides is 1. The number of rotatable bonds is 8. The summed E-state index contributed by atoms with van der Waals surface area (Å²) in [5.74, 6) is -0.197. The van der Waals surface area contributed by atoms with Crippen LogP contribution in [0, 0.1) is 6.92 Å². The van der Waals surface area contributed by atoms with Crippen molar-refractivity contribution in [2.45, 2.75) is 26.4 Å². The molecule has 0 unspecified atom stereocenters. The average molecular weight is 395 g/mol. The lowest BCUT2D eigenvalue weighted by atomic mass is 10.1. The van der Waals surface area contributed by atoms with Crippen molar-refractivity contribution >= 4 is 27.5 Å². The summed E-state index contributed by atoms with van der Waals surface area (Å²) in [6, 6.07) is 14.9. The first-order chi connectivity index (χ1) is 12.2. The maximum absolute atomic E-state index is 12.1. The molecule has 0 spiro atoms. The quantitative estimate of drug-likeness (QED) is 0.748. The van der Waals surface area contributed by atoms with E-state index >= 15 is 0 Å². The topological polar surface area (TPSA) is 66.5 Å². The van der Waals surface area contributed by atoms with Crippen LogP contribution in [0.4, 0.5) is 0 Å². The van der Waals surface area contributed by atoms with Crippen molar-refractivity contribution in [3.8, 4) is 0 Å². The zero-order valence-corrected chi connectivity index (χ0v) is 16.5. The zero-order chi connectivity index (χ0) is 19.2.